The molecule has 3 aromatic rings. The van der Waals surface area contributed by atoms with Crippen molar-refractivity contribution >= 4 is 27.6 Å². The summed E-state index contributed by atoms with van der Waals surface area (Å²) in [6, 6.07) is 12.8. The Morgan fingerprint density at radius 2 is 2.08 bits per heavy atom. The van der Waals surface area contributed by atoms with E-state index < -0.39 is 0 Å². The van der Waals surface area contributed by atoms with Crippen LogP contribution in [0.4, 0.5) is 4.79 Å². The van der Waals surface area contributed by atoms with E-state index in [4.69, 9.17) is 4.74 Å². The topological polar surface area (TPSA) is 34.5 Å². The van der Waals surface area contributed by atoms with Crippen molar-refractivity contribution in [2.45, 2.75) is 33.4 Å². The summed E-state index contributed by atoms with van der Waals surface area (Å²) in [6.07, 6.45) is 0.672. The first-order valence-corrected chi connectivity index (χ1v) is 9.55. The summed E-state index contributed by atoms with van der Waals surface area (Å²) in [5, 5.41) is 1.29. The Kier molecular flexibility index (Phi) is 4.25. The van der Waals surface area contributed by atoms with Crippen LogP contribution in [0.3, 0.4) is 0 Å². The van der Waals surface area contributed by atoms with Crippen LogP contribution in [0.5, 0.6) is 0 Å². The van der Waals surface area contributed by atoms with Gasteiger partial charge in [-0.05, 0) is 25.5 Å². The Labute approximate surface area is 151 Å². The van der Waals surface area contributed by atoms with Crippen molar-refractivity contribution in [2.24, 2.45) is 0 Å². The van der Waals surface area contributed by atoms with Crippen LogP contribution in [-0.2, 0) is 24.2 Å². The lowest BCUT2D eigenvalue weighted by Crippen LogP contribution is -2.36. The molecule has 0 atom stereocenters. The lowest BCUT2D eigenvalue weighted by atomic mass is 10.1. The summed E-state index contributed by atoms with van der Waals surface area (Å²) in [5.74, 6) is 0. The lowest BCUT2D eigenvalue weighted by Gasteiger charge is -2.27. The van der Waals surface area contributed by atoms with E-state index in [0.29, 0.717) is 13.2 Å². The molecule has 0 fully saturated rings. The zero-order valence-electron chi connectivity index (χ0n) is 14.6. The maximum atomic E-state index is 12.1. The van der Waals surface area contributed by atoms with Crippen molar-refractivity contribution in [3.63, 3.8) is 0 Å². The van der Waals surface area contributed by atoms with Gasteiger partial charge in [0.2, 0.25) is 0 Å². The number of amides is 1. The Hall–Kier alpha value is -2.27. The molecular weight excluding hydrogens is 332 g/mol. The number of carbonyl (C=O) groups excluding carboxylic acids is 1. The minimum absolute atomic E-state index is 0.205. The predicted octanol–water partition coefficient (Wildman–Crippen LogP) is 4.57. The summed E-state index contributed by atoms with van der Waals surface area (Å²) in [7, 11) is 0. The first-order valence-electron chi connectivity index (χ1n) is 8.73. The molecular formula is C20H22N2O2S. The highest BCUT2D eigenvalue weighted by Gasteiger charge is 2.28. The molecule has 2 aromatic heterocycles. The van der Waals surface area contributed by atoms with E-state index in [0.717, 1.165) is 19.5 Å². The average Bonchev–Trinajstić information content (AvgIpc) is 3.13. The maximum absolute atomic E-state index is 12.1. The van der Waals surface area contributed by atoms with Gasteiger partial charge in [0.15, 0.2) is 0 Å². The first kappa shape index (κ1) is 16.2. The standard InChI is InChI=1S/C20H22N2O2S/c1-3-24-20(23)21-10-9-18-17(13-21)16-11-14(2)25-19(16)22(18)12-15-7-5-4-6-8-15/h4-8,11H,3,9-10,12-13H2,1-2H3. The van der Waals surface area contributed by atoms with Crippen LogP contribution in [0, 0.1) is 6.92 Å². The van der Waals surface area contributed by atoms with E-state index in [1.165, 1.54) is 31.9 Å². The number of hydrogen-bond acceptors (Lipinski definition) is 3. The van der Waals surface area contributed by atoms with E-state index in [-0.39, 0.29) is 6.09 Å². The number of aromatic nitrogens is 1. The van der Waals surface area contributed by atoms with Crippen LogP contribution >= 0.6 is 11.3 Å². The number of nitrogens with zero attached hydrogens (tertiary/aromatic N) is 2. The fourth-order valence-electron chi connectivity index (χ4n) is 3.64. The summed E-state index contributed by atoms with van der Waals surface area (Å²) in [4.78, 5) is 16.6. The number of ether oxygens (including phenoxy) is 1. The monoisotopic (exact) mass is 354 g/mol. The van der Waals surface area contributed by atoms with Crippen molar-refractivity contribution in [3.05, 3.63) is 58.1 Å². The Balaban J connectivity index is 1.74. The van der Waals surface area contributed by atoms with Crippen molar-refractivity contribution in [2.75, 3.05) is 13.2 Å². The summed E-state index contributed by atoms with van der Waals surface area (Å²) in [6.45, 7) is 6.66. The van der Waals surface area contributed by atoms with Gasteiger partial charge in [0.1, 0.15) is 4.83 Å². The largest absolute Gasteiger partial charge is 0.450 e. The average molecular weight is 354 g/mol. The fourth-order valence-corrected chi connectivity index (χ4v) is 4.70. The zero-order chi connectivity index (χ0) is 17.4. The Bertz CT molecular complexity index is 911. The number of thiophene rings is 1. The van der Waals surface area contributed by atoms with Crippen LogP contribution in [0.15, 0.2) is 36.4 Å². The van der Waals surface area contributed by atoms with Crippen LogP contribution < -0.4 is 0 Å². The summed E-state index contributed by atoms with van der Waals surface area (Å²) < 4.78 is 7.64. The third-order valence-electron chi connectivity index (χ3n) is 4.76. The highest BCUT2D eigenvalue weighted by Crippen LogP contribution is 2.36. The molecule has 1 aliphatic heterocycles. The molecule has 1 amide bonds. The normalized spacial score (nSPS) is 13.9. The molecule has 25 heavy (non-hydrogen) atoms. The first-order chi connectivity index (χ1) is 12.2. The Morgan fingerprint density at radius 3 is 2.84 bits per heavy atom. The number of rotatable bonds is 3. The maximum Gasteiger partial charge on any atom is 0.410 e. The molecule has 4 nitrogen and oxygen atoms in total. The van der Waals surface area contributed by atoms with E-state index in [2.05, 4.69) is 47.9 Å². The van der Waals surface area contributed by atoms with Gasteiger partial charge in [-0.25, -0.2) is 4.79 Å². The summed E-state index contributed by atoms with van der Waals surface area (Å²) >= 11 is 1.84. The van der Waals surface area contributed by atoms with Crippen molar-refractivity contribution < 1.29 is 9.53 Å². The SMILES string of the molecule is CCOC(=O)N1CCc2c(c3cc(C)sc3n2Cc2ccccc2)C1. The number of fused-ring (bicyclic) bond motifs is 3. The molecule has 1 aromatic carbocycles. The highest BCUT2D eigenvalue weighted by atomic mass is 32.1. The van der Waals surface area contributed by atoms with Gasteiger partial charge < -0.3 is 14.2 Å². The second-order valence-electron chi connectivity index (χ2n) is 6.44. The number of benzene rings is 1. The molecule has 5 heteroatoms. The third-order valence-corrected chi connectivity index (χ3v) is 5.83. The van der Waals surface area contributed by atoms with E-state index in [9.17, 15) is 4.79 Å². The van der Waals surface area contributed by atoms with Gasteiger partial charge in [-0.1, -0.05) is 30.3 Å². The minimum atomic E-state index is -0.205. The van der Waals surface area contributed by atoms with Crippen LogP contribution in [-0.4, -0.2) is 28.7 Å². The van der Waals surface area contributed by atoms with Gasteiger partial charge in [-0.2, -0.15) is 0 Å². The van der Waals surface area contributed by atoms with Crippen LogP contribution in [0.25, 0.3) is 10.2 Å². The lowest BCUT2D eigenvalue weighted by molar-refractivity contribution is 0.102. The molecule has 0 saturated carbocycles. The molecule has 0 unspecified atom stereocenters. The molecule has 1 aliphatic rings. The van der Waals surface area contributed by atoms with Crippen molar-refractivity contribution in [3.8, 4) is 0 Å². The molecule has 3 heterocycles. The minimum Gasteiger partial charge on any atom is -0.450 e. The highest BCUT2D eigenvalue weighted by molar-refractivity contribution is 7.18. The number of carbonyl (C=O) groups is 1. The molecule has 0 N–H and O–H groups in total. The van der Waals surface area contributed by atoms with Crippen molar-refractivity contribution in [1.82, 2.24) is 9.47 Å². The predicted molar refractivity (Wildman–Crippen MR) is 101 cm³/mol. The van der Waals surface area contributed by atoms with Crippen LogP contribution in [0.1, 0.15) is 28.6 Å². The van der Waals surface area contributed by atoms with Gasteiger partial charge in [0.25, 0.3) is 0 Å². The molecule has 0 aliphatic carbocycles. The second-order valence-corrected chi connectivity index (χ2v) is 7.68. The molecule has 0 spiro atoms. The molecule has 0 saturated heterocycles. The third kappa shape index (κ3) is 2.93. The Morgan fingerprint density at radius 1 is 1.28 bits per heavy atom. The van der Waals surface area contributed by atoms with Crippen molar-refractivity contribution in [1.29, 1.82) is 0 Å². The second kappa shape index (κ2) is 6.56. The van der Waals surface area contributed by atoms with Gasteiger partial charge in [0.05, 0.1) is 13.2 Å². The van der Waals surface area contributed by atoms with Gasteiger partial charge in [-0.3, -0.25) is 0 Å². The van der Waals surface area contributed by atoms with E-state index in [1.807, 2.05) is 23.2 Å². The van der Waals surface area contributed by atoms with Crippen LogP contribution in [0.2, 0.25) is 0 Å². The molecule has 0 radical (unpaired) electrons. The van der Waals surface area contributed by atoms with Gasteiger partial charge in [0, 0.05) is 41.0 Å². The van der Waals surface area contributed by atoms with E-state index in [1.54, 1.807) is 0 Å². The quantitative estimate of drug-likeness (QED) is 0.690. The molecule has 0 bridgehead atoms. The zero-order valence-corrected chi connectivity index (χ0v) is 15.4. The smallest absolute Gasteiger partial charge is 0.410 e. The number of hydrogen-bond donors (Lipinski definition) is 0. The number of aryl methyl sites for hydroxylation is 1. The summed E-state index contributed by atoms with van der Waals surface area (Å²) in [5.41, 5.74) is 3.96. The van der Waals surface area contributed by atoms with Gasteiger partial charge >= 0.3 is 6.09 Å². The molecule has 4 rings (SSSR count). The van der Waals surface area contributed by atoms with E-state index >= 15 is 0 Å². The fraction of sp³-hybridized carbons (Fsp3) is 0.350. The molecule has 130 valence electrons. The van der Waals surface area contributed by atoms with Gasteiger partial charge in [-0.15, -0.1) is 11.3 Å².